The van der Waals surface area contributed by atoms with Crippen LogP contribution in [0.5, 0.6) is 0 Å². The van der Waals surface area contributed by atoms with Gasteiger partial charge in [-0.05, 0) is 35.0 Å². The first-order valence-electron chi connectivity index (χ1n) is 7.66. The van der Waals surface area contributed by atoms with Crippen molar-refractivity contribution >= 4 is 11.9 Å². The number of hydrogen-bond donors (Lipinski definition) is 2. The van der Waals surface area contributed by atoms with Gasteiger partial charge in [0.05, 0.1) is 5.69 Å². The van der Waals surface area contributed by atoms with Crippen molar-refractivity contribution in [1.29, 1.82) is 0 Å². The number of amides is 1. The van der Waals surface area contributed by atoms with Gasteiger partial charge in [0, 0.05) is 6.54 Å². The fourth-order valence-electron chi connectivity index (χ4n) is 2.22. The zero-order valence-electron chi connectivity index (χ0n) is 13.3. The molecule has 0 fully saturated rings. The van der Waals surface area contributed by atoms with Gasteiger partial charge < -0.3 is 10.6 Å². The molecule has 0 saturated carbocycles. The fourth-order valence-corrected chi connectivity index (χ4v) is 2.22. The van der Waals surface area contributed by atoms with Crippen molar-refractivity contribution in [3.05, 3.63) is 66.2 Å². The number of rotatable bonds is 6. The fraction of sp³-hybridized carbons (Fsp3) is 0.176. The second-order valence-electron chi connectivity index (χ2n) is 5.32. The third-order valence-corrected chi connectivity index (χ3v) is 3.52. The molecular weight excluding hydrogens is 304 g/mol. The Hall–Kier alpha value is -3.22. The van der Waals surface area contributed by atoms with Crippen molar-refractivity contribution in [1.82, 2.24) is 25.5 Å². The molecule has 122 valence electrons. The van der Waals surface area contributed by atoms with Gasteiger partial charge in [-0.3, -0.25) is 4.79 Å². The molecule has 1 atom stereocenters. The van der Waals surface area contributed by atoms with Gasteiger partial charge in [-0.25, -0.2) is 0 Å². The number of aromatic nitrogens is 4. The summed E-state index contributed by atoms with van der Waals surface area (Å²) < 4.78 is 1.56. The lowest BCUT2D eigenvalue weighted by Crippen LogP contribution is -2.37. The Morgan fingerprint density at radius 3 is 2.46 bits per heavy atom. The lowest BCUT2D eigenvalue weighted by Gasteiger charge is -2.14. The van der Waals surface area contributed by atoms with Gasteiger partial charge in [-0.15, -0.1) is 0 Å². The standard InChI is InChI=1S/C17H18N6O/c1-13(16(24)18-12-14-8-4-2-5-9-14)19-17-20-21-22-23(17)15-10-6-3-7-11-15/h2-11,13H,12H2,1H3,(H,18,24)(H,19,20,22). The van der Waals surface area contributed by atoms with Gasteiger partial charge >= 0.3 is 0 Å². The molecule has 1 heterocycles. The molecule has 7 nitrogen and oxygen atoms in total. The number of carbonyl (C=O) groups is 1. The van der Waals surface area contributed by atoms with E-state index in [4.69, 9.17) is 0 Å². The summed E-state index contributed by atoms with van der Waals surface area (Å²) in [6.07, 6.45) is 0. The highest BCUT2D eigenvalue weighted by atomic mass is 16.2. The first-order chi connectivity index (χ1) is 11.7. The second-order valence-corrected chi connectivity index (χ2v) is 5.32. The summed E-state index contributed by atoms with van der Waals surface area (Å²) in [4.78, 5) is 12.2. The Balaban J connectivity index is 1.62. The van der Waals surface area contributed by atoms with Gasteiger partial charge in [-0.2, -0.15) is 4.68 Å². The Morgan fingerprint density at radius 2 is 1.75 bits per heavy atom. The molecule has 0 aliphatic carbocycles. The molecule has 2 aromatic carbocycles. The van der Waals surface area contributed by atoms with Crippen molar-refractivity contribution in [3.8, 4) is 5.69 Å². The van der Waals surface area contributed by atoms with E-state index in [9.17, 15) is 4.79 Å². The summed E-state index contributed by atoms with van der Waals surface area (Å²) in [6.45, 7) is 2.25. The van der Waals surface area contributed by atoms with E-state index in [0.717, 1.165) is 11.3 Å². The molecule has 0 aliphatic heterocycles. The lowest BCUT2D eigenvalue weighted by molar-refractivity contribution is -0.121. The van der Waals surface area contributed by atoms with Crippen molar-refractivity contribution in [3.63, 3.8) is 0 Å². The topological polar surface area (TPSA) is 84.7 Å². The van der Waals surface area contributed by atoms with Crippen LogP contribution < -0.4 is 10.6 Å². The number of benzene rings is 2. The van der Waals surface area contributed by atoms with Crippen molar-refractivity contribution in [2.24, 2.45) is 0 Å². The second kappa shape index (κ2) is 7.36. The number of anilines is 1. The van der Waals surface area contributed by atoms with Gasteiger partial charge in [-0.1, -0.05) is 53.6 Å². The summed E-state index contributed by atoms with van der Waals surface area (Å²) in [5, 5.41) is 17.5. The smallest absolute Gasteiger partial charge is 0.248 e. The predicted octanol–water partition coefficient (Wildman–Crippen LogP) is 1.78. The molecule has 2 N–H and O–H groups in total. The monoisotopic (exact) mass is 322 g/mol. The highest BCUT2D eigenvalue weighted by Gasteiger charge is 2.16. The van der Waals surface area contributed by atoms with Crippen molar-refractivity contribution in [2.75, 3.05) is 5.32 Å². The third-order valence-electron chi connectivity index (χ3n) is 3.52. The highest BCUT2D eigenvalue weighted by Crippen LogP contribution is 2.11. The Bertz CT molecular complexity index is 787. The van der Waals surface area contributed by atoms with Crippen LogP contribution in [0.1, 0.15) is 12.5 Å². The Kier molecular flexibility index (Phi) is 4.81. The van der Waals surface area contributed by atoms with Gasteiger partial charge in [0.15, 0.2) is 0 Å². The van der Waals surface area contributed by atoms with Crippen LogP contribution in [0.4, 0.5) is 5.95 Å². The first kappa shape index (κ1) is 15.7. The van der Waals surface area contributed by atoms with Crippen molar-refractivity contribution < 1.29 is 4.79 Å². The summed E-state index contributed by atoms with van der Waals surface area (Å²) in [7, 11) is 0. The molecular formula is C17H18N6O. The largest absolute Gasteiger partial charge is 0.350 e. The quantitative estimate of drug-likeness (QED) is 0.722. The van der Waals surface area contributed by atoms with Gasteiger partial charge in [0.1, 0.15) is 6.04 Å². The summed E-state index contributed by atoms with van der Waals surface area (Å²) in [5.41, 5.74) is 1.87. The molecule has 3 rings (SSSR count). The molecule has 0 radical (unpaired) electrons. The minimum absolute atomic E-state index is 0.124. The number of para-hydroxylation sites is 1. The number of nitrogens with zero attached hydrogens (tertiary/aromatic N) is 4. The van der Waals surface area contributed by atoms with E-state index in [-0.39, 0.29) is 5.91 Å². The summed E-state index contributed by atoms with van der Waals surface area (Å²) in [6, 6.07) is 18.8. The normalized spacial score (nSPS) is 11.7. The maximum absolute atomic E-state index is 12.2. The van der Waals surface area contributed by atoms with E-state index < -0.39 is 6.04 Å². The van der Waals surface area contributed by atoms with Crippen LogP contribution >= 0.6 is 0 Å². The molecule has 1 amide bonds. The van der Waals surface area contributed by atoms with E-state index in [1.165, 1.54) is 0 Å². The zero-order valence-corrected chi connectivity index (χ0v) is 13.3. The van der Waals surface area contributed by atoms with E-state index in [1.807, 2.05) is 60.7 Å². The SMILES string of the molecule is CC(Nc1nnnn1-c1ccccc1)C(=O)NCc1ccccc1. The van der Waals surface area contributed by atoms with Crippen molar-refractivity contribution in [2.45, 2.75) is 19.5 Å². The van der Waals surface area contributed by atoms with Crippen LogP contribution in [0.3, 0.4) is 0 Å². The average Bonchev–Trinajstić information content (AvgIpc) is 3.09. The average molecular weight is 322 g/mol. The Morgan fingerprint density at radius 1 is 1.08 bits per heavy atom. The maximum atomic E-state index is 12.2. The maximum Gasteiger partial charge on any atom is 0.248 e. The molecule has 0 bridgehead atoms. The summed E-state index contributed by atoms with van der Waals surface area (Å²) >= 11 is 0. The van der Waals surface area contributed by atoms with Gasteiger partial charge in [0.25, 0.3) is 0 Å². The van der Waals surface area contributed by atoms with E-state index in [0.29, 0.717) is 12.5 Å². The number of tetrazole rings is 1. The van der Waals surface area contributed by atoms with Crippen LogP contribution in [0.25, 0.3) is 5.69 Å². The molecule has 0 aliphatic rings. The number of carbonyl (C=O) groups excluding carboxylic acids is 1. The number of hydrogen-bond acceptors (Lipinski definition) is 5. The van der Waals surface area contributed by atoms with E-state index in [2.05, 4.69) is 26.2 Å². The first-order valence-corrected chi connectivity index (χ1v) is 7.66. The minimum atomic E-state index is -0.470. The molecule has 24 heavy (non-hydrogen) atoms. The summed E-state index contributed by atoms with van der Waals surface area (Å²) in [5.74, 6) is 0.296. The van der Waals surface area contributed by atoms with Crippen LogP contribution in [-0.4, -0.2) is 32.2 Å². The molecule has 7 heteroatoms. The number of nitrogens with one attached hydrogen (secondary N) is 2. The highest BCUT2D eigenvalue weighted by molar-refractivity contribution is 5.83. The Labute approximate surface area is 139 Å². The predicted molar refractivity (Wildman–Crippen MR) is 90.5 cm³/mol. The van der Waals surface area contributed by atoms with Crippen LogP contribution in [0.15, 0.2) is 60.7 Å². The zero-order chi connectivity index (χ0) is 16.8. The van der Waals surface area contributed by atoms with Crippen LogP contribution in [0.2, 0.25) is 0 Å². The van der Waals surface area contributed by atoms with Crippen LogP contribution in [-0.2, 0) is 11.3 Å². The van der Waals surface area contributed by atoms with Gasteiger partial charge in [0.2, 0.25) is 11.9 Å². The van der Waals surface area contributed by atoms with E-state index in [1.54, 1.807) is 11.6 Å². The van der Waals surface area contributed by atoms with E-state index >= 15 is 0 Å². The molecule has 1 unspecified atom stereocenters. The lowest BCUT2D eigenvalue weighted by atomic mass is 10.2. The molecule has 3 aromatic rings. The molecule has 0 saturated heterocycles. The molecule has 0 spiro atoms. The third kappa shape index (κ3) is 3.75. The minimum Gasteiger partial charge on any atom is -0.350 e. The molecule has 1 aromatic heterocycles. The van der Waals surface area contributed by atoms with Crippen LogP contribution in [0, 0.1) is 0 Å².